The lowest BCUT2D eigenvalue weighted by Gasteiger charge is -2.37. The zero-order chi connectivity index (χ0) is 52.6. The van der Waals surface area contributed by atoms with E-state index in [2.05, 4.69) is 37.2 Å². The lowest BCUT2D eigenvalue weighted by atomic mass is 9.85. The summed E-state index contributed by atoms with van der Waals surface area (Å²) in [6, 6.07) is -3.49. The Bertz CT molecular complexity index is 2090. The van der Waals surface area contributed by atoms with E-state index in [9.17, 15) is 58.2 Å². The van der Waals surface area contributed by atoms with E-state index in [0.29, 0.717) is 31.2 Å². The summed E-state index contributed by atoms with van der Waals surface area (Å²) in [4.78, 5) is 138. The highest BCUT2D eigenvalue weighted by atomic mass is 33.1. The van der Waals surface area contributed by atoms with E-state index in [-0.39, 0.29) is 49.6 Å². The van der Waals surface area contributed by atoms with Gasteiger partial charge < -0.3 is 63.8 Å². The molecule has 0 bridgehead atoms. The predicted molar refractivity (Wildman–Crippen MR) is 265 cm³/mol. The number of rotatable bonds is 15. The first-order chi connectivity index (χ1) is 33.5. The molecule has 3 aliphatic rings. The van der Waals surface area contributed by atoms with Crippen molar-refractivity contribution in [3.63, 3.8) is 0 Å². The number of benzene rings is 1. The number of nitrogens with zero attached hydrogens (tertiary/aromatic N) is 1. The Morgan fingerprint density at radius 3 is 2.06 bits per heavy atom. The van der Waals surface area contributed by atoms with Crippen molar-refractivity contribution in [2.45, 2.75) is 165 Å². The number of likely N-dealkylation sites (tertiary alicyclic amines) is 1. The summed E-state index contributed by atoms with van der Waals surface area (Å²) >= 11 is 0. The summed E-state index contributed by atoms with van der Waals surface area (Å²) in [5.41, 5.74) is 11.4. The molecule has 0 unspecified atom stereocenters. The van der Waals surface area contributed by atoms with Gasteiger partial charge in [0.25, 0.3) is 0 Å². The van der Waals surface area contributed by atoms with E-state index in [1.807, 2.05) is 13.8 Å². The largest absolute Gasteiger partial charge is 0.508 e. The topological polar surface area (TPSA) is 351 Å². The molecular weight excluding hydrogens is 961 g/mol. The number of aliphatic hydroxyl groups is 1. The third-order valence-electron chi connectivity index (χ3n) is 12.9. The fourth-order valence-electron chi connectivity index (χ4n) is 8.82. The van der Waals surface area contributed by atoms with Crippen LogP contribution in [0.15, 0.2) is 24.3 Å². The molecular formula is C47H72N10O12S2. The number of aliphatic hydroxyl groups excluding tert-OH is 1. The highest BCUT2D eigenvalue weighted by molar-refractivity contribution is 8.77. The number of phenolic OH excluding ortho intramolecular Hbond substituents is 1. The first-order valence-corrected chi connectivity index (χ1v) is 26.6. The molecule has 3 fully saturated rings. The Morgan fingerprint density at radius 2 is 1.45 bits per heavy atom. The molecule has 0 aromatic heterocycles. The van der Waals surface area contributed by atoms with Crippen LogP contribution in [0.3, 0.4) is 0 Å². The Labute approximate surface area is 422 Å². The molecule has 10 amide bonds. The van der Waals surface area contributed by atoms with Gasteiger partial charge in [0.15, 0.2) is 0 Å². The molecule has 22 nitrogen and oxygen atoms in total. The third-order valence-corrected chi connectivity index (χ3v) is 16.2. The van der Waals surface area contributed by atoms with Crippen LogP contribution in [0.4, 0.5) is 0 Å². The van der Waals surface area contributed by atoms with E-state index in [0.717, 1.165) is 19.3 Å². The van der Waals surface area contributed by atoms with Crippen molar-refractivity contribution in [2.75, 3.05) is 18.8 Å². The zero-order valence-electron chi connectivity index (χ0n) is 41.1. The molecule has 4 rings (SSSR count). The molecule has 2 saturated heterocycles. The average molecular weight is 1030 g/mol. The fraction of sp³-hybridized carbons (Fsp3) is 0.660. The van der Waals surface area contributed by atoms with Gasteiger partial charge in [-0.2, -0.15) is 0 Å². The van der Waals surface area contributed by atoms with Gasteiger partial charge in [0, 0.05) is 29.9 Å². The number of hydrogen-bond acceptors (Lipinski definition) is 14. The van der Waals surface area contributed by atoms with Crippen LogP contribution in [0.25, 0.3) is 0 Å². The standard InChI is InChI=1S/C47H72N10O12S2/c1-6-26(4)38-44(67)56-39(27(5)58)45(68)53-32(21-35(48)60)41(64)54-33(46(69)57-18-10-11-34(57)43(66)52-30(19-25(2)3)40(63)50-23-36(49)61)24-70-71-47(16-8-7-9-17-47)22-37(62)51-31(42(65)55-38)20-28-12-14-29(59)15-13-28/h12-15,25-27,30-34,38-39,58-59H,6-11,16-24H2,1-5H3,(H2,48,60)(H2,49,61)(H,50,63)(H,51,62)(H,52,66)(H,53,68)(H,54,64)(H,55,65)(H,56,67)/t26-,27+,30-,31-,32-,33-,34-,38-,39-/m0/s1. The van der Waals surface area contributed by atoms with Gasteiger partial charge in [-0.1, -0.05) is 87.1 Å². The molecule has 1 aromatic carbocycles. The molecule has 1 aromatic rings. The van der Waals surface area contributed by atoms with Crippen molar-refractivity contribution >= 4 is 80.7 Å². The van der Waals surface area contributed by atoms with Crippen LogP contribution in [-0.2, 0) is 54.4 Å². The van der Waals surface area contributed by atoms with Gasteiger partial charge in [-0.3, -0.25) is 47.9 Å². The molecule has 394 valence electrons. The fourth-order valence-corrected chi connectivity index (χ4v) is 12.2. The van der Waals surface area contributed by atoms with Gasteiger partial charge in [-0.25, -0.2) is 0 Å². The summed E-state index contributed by atoms with van der Waals surface area (Å²) in [5.74, 6) is -8.74. The van der Waals surface area contributed by atoms with Crippen molar-refractivity contribution in [2.24, 2.45) is 23.3 Å². The maximum Gasteiger partial charge on any atom is 0.246 e. The summed E-state index contributed by atoms with van der Waals surface area (Å²) in [6.07, 6.45) is 2.33. The van der Waals surface area contributed by atoms with E-state index >= 15 is 0 Å². The Morgan fingerprint density at radius 1 is 0.817 bits per heavy atom. The molecule has 1 spiro atoms. The number of amides is 10. The van der Waals surface area contributed by atoms with Gasteiger partial charge >= 0.3 is 0 Å². The number of nitrogens with two attached hydrogens (primary N) is 2. The van der Waals surface area contributed by atoms with Crippen LogP contribution in [0.1, 0.15) is 111 Å². The molecule has 1 saturated carbocycles. The molecule has 13 N–H and O–H groups in total. The SMILES string of the molecule is CC[C@H](C)[C@@H]1NC(=O)[C@H](Cc2ccc(O)cc2)NC(=O)CC2(CCCCC2)SSC[C@@H](C(=O)N2CCC[C@H]2C(=O)N[C@@H](CC(C)C)C(=O)NCC(N)=O)NC(=O)[C@H](CC(N)=O)NC(=O)[C@H]([C@@H](C)O)NC1=O. The molecule has 0 radical (unpaired) electrons. The number of carbonyl (C=O) groups excluding carboxylic acids is 10. The highest BCUT2D eigenvalue weighted by Crippen LogP contribution is 2.48. The van der Waals surface area contributed by atoms with Gasteiger partial charge in [0.05, 0.1) is 19.1 Å². The van der Waals surface area contributed by atoms with Crippen LogP contribution in [0.2, 0.25) is 0 Å². The Hall–Kier alpha value is -5.62. The van der Waals surface area contributed by atoms with Crippen LogP contribution < -0.4 is 48.7 Å². The van der Waals surface area contributed by atoms with Crippen molar-refractivity contribution in [1.29, 1.82) is 0 Å². The van der Waals surface area contributed by atoms with Crippen molar-refractivity contribution < 1.29 is 58.2 Å². The summed E-state index contributed by atoms with van der Waals surface area (Å²) in [7, 11) is 2.55. The smallest absolute Gasteiger partial charge is 0.246 e. The summed E-state index contributed by atoms with van der Waals surface area (Å²) in [5, 5.41) is 39.1. The zero-order valence-corrected chi connectivity index (χ0v) is 42.7. The first kappa shape index (κ1) is 58.0. The molecule has 1 aliphatic carbocycles. The minimum atomic E-state index is -1.75. The van der Waals surface area contributed by atoms with Crippen molar-refractivity contribution in [3.8, 4) is 5.75 Å². The van der Waals surface area contributed by atoms with Crippen molar-refractivity contribution in [3.05, 3.63) is 29.8 Å². The summed E-state index contributed by atoms with van der Waals surface area (Å²) in [6.45, 7) is 7.97. The number of aromatic hydroxyl groups is 1. The average Bonchev–Trinajstić information content (AvgIpc) is 3.81. The number of nitrogens with one attached hydrogen (secondary N) is 7. The highest BCUT2D eigenvalue weighted by Gasteiger charge is 2.43. The normalized spacial score (nSPS) is 25.3. The Balaban J connectivity index is 1.75. The van der Waals surface area contributed by atoms with Gasteiger partial charge in [-0.15, -0.1) is 0 Å². The number of primary amides is 2. The first-order valence-electron chi connectivity index (χ1n) is 24.3. The third kappa shape index (κ3) is 17.6. The van der Waals surface area contributed by atoms with E-state index < -0.39 is 131 Å². The Kier molecular flexibility index (Phi) is 22.3. The molecule has 2 aliphatic heterocycles. The lowest BCUT2D eigenvalue weighted by molar-refractivity contribution is -0.142. The predicted octanol–water partition coefficient (Wildman–Crippen LogP) is -0.728. The molecule has 24 heteroatoms. The monoisotopic (exact) mass is 1030 g/mol. The van der Waals surface area contributed by atoms with Crippen LogP contribution in [0, 0.1) is 11.8 Å². The number of phenols is 1. The quantitative estimate of drug-likeness (QED) is 0.0966. The molecule has 2 heterocycles. The number of carbonyl (C=O) groups is 10. The minimum absolute atomic E-state index is 0.0106. The van der Waals surface area contributed by atoms with Crippen molar-refractivity contribution in [1.82, 2.24) is 42.1 Å². The maximum atomic E-state index is 14.8. The van der Waals surface area contributed by atoms with Gasteiger partial charge in [0.2, 0.25) is 59.1 Å². The maximum absolute atomic E-state index is 14.8. The molecule has 9 atom stereocenters. The van der Waals surface area contributed by atoms with E-state index in [1.54, 1.807) is 26.0 Å². The van der Waals surface area contributed by atoms with Gasteiger partial charge in [-0.05, 0) is 68.6 Å². The summed E-state index contributed by atoms with van der Waals surface area (Å²) < 4.78 is -0.709. The van der Waals surface area contributed by atoms with Crippen LogP contribution in [-0.4, -0.2) is 146 Å². The van der Waals surface area contributed by atoms with E-state index in [4.69, 9.17) is 11.5 Å². The van der Waals surface area contributed by atoms with E-state index in [1.165, 1.54) is 45.5 Å². The second-order valence-electron chi connectivity index (χ2n) is 19.2. The second-order valence-corrected chi connectivity index (χ2v) is 22.0. The second kappa shape index (κ2) is 27.3. The molecule has 71 heavy (non-hydrogen) atoms. The minimum Gasteiger partial charge on any atom is -0.508 e. The van der Waals surface area contributed by atoms with Gasteiger partial charge in [0.1, 0.15) is 48.0 Å². The lowest BCUT2D eigenvalue weighted by Crippen LogP contribution is -2.63. The van der Waals surface area contributed by atoms with Crippen LogP contribution in [0.5, 0.6) is 5.75 Å². The number of hydrogen-bond donors (Lipinski definition) is 11. The van der Waals surface area contributed by atoms with Crippen LogP contribution >= 0.6 is 21.6 Å².